The maximum atomic E-state index is 12.9. The molecular formula is C63H102O9. The van der Waals surface area contributed by atoms with E-state index in [0.29, 0.717) is 13.0 Å². The van der Waals surface area contributed by atoms with E-state index in [2.05, 4.69) is 148 Å². The lowest BCUT2D eigenvalue weighted by Crippen LogP contribution is -2.59. The quantitative estimate of drug-likeness (QED) is 0.0267. The molecule has 0 aromatic rings. The van der Waals surface area contributed by atoms with Gasteiger partial charge in [-0.2, -0.15) is 0 Å². The third kappa shape index (κ3) is 41.8. The Morgan fingerprint density at radius 1 is 0.444 bits per heavy atom. The Labute approximate surface area is 439 Å². The Morgan fingerprint density at radius 3 is 1.21 bits per heavy atom. The smallest absolute Gasteiger partial charge is 0.306 e. The van der Waals surface area contributed by atoms with E-state index in [1.54, 1.807) is 0 Å². The summed E-state index contributed by atoms with van der Waals surface area (Å²) in [4.78, 5) is 12.9. The molecule has 1 rings (SSSR count). The summed E-state index contributed by atoms with van der Waals surface area (Å²) in [6, 6.07) is 0. The van der Waals surface area contributed by atoms with Crippen molar-refractivity contribution in [3.8, 4) is 0 Å². The van der Waals surface area contributed by atoms with Crippen LogP contribution in [0, 0.1) is 0 Å². The molecule has 0 aliphatic carbocycles. The van der Waals surface area contributed by atoms with E-state index >= 15 is 0 Å². The molecule has 4 N–H and O–H groups in total. The molecule has 6 unspecified atom stereocenters. The lowest BCUT2D eigenvalue weighted by molar-refractivity contribution is -0.305. The van der Waals surface area contributed by atoms with Crippen molar-refractivity contribution in [1.82, 2.24) is 0 Å². The molecule has 1 fully saturated rings. The van der Waals surface area contributed by atoms with Gasteiger partial charge in [0.25, 0.3) is 0 Å². The number of hydrogen-bond donors (Lipinski definition) is 4. The highest BCUT2D eigenvalue weighted by atomic mass is 16.7. The molecule has 9 nitrogen and oxygen atoms in total. The molecule has 0 saturated carbocycles. The van der Waals surface area contributed by atoms with Crippen LogP contribution >= 0.6 is 0 Å². The Balaban J connectivity index is 2.22. The first-order valence-electron chi connectivity index (χ1n) is 28.3. The van der Waals surface area contributed by atoms with Crippen molar-refractivity contribution in [2.24, 2.45) is 0 Å². The number of carbonyl (C=O) groups is 1. The van der Waals surface area contributed by atoms with Crippen LogP contribution in [0.4, 0.5) is 0 Å². The second-order valence-corrected chi connectivity index (χ2v) is 18.6. The number of aliphatic hydroxyl groups is 4. The van der Waals surface area contributed by atoms with Gasteiger partial charge < -0.3 is 39.4 Å². The normalized spacial score (nSPS) is 19.8. The van der Waals surface area contributed by atoms with Crippen LogP contribution in [-0.4, -0.2) is 89.6 Å². The lowest BCUT2D eigenvalue weighted by atomic mass is 9.99. The number of rotatable bonds is 47. The van der Waals surface area contributed by atoms with Crippen molar-refractivity contribution in [2.45, 2.75) is 230 Å². The van der Waals surface area contributed by atoms with Crippen molar-refractivity contribution >= 4 is 5.97 Å². The summed E-state index contributed by atoms with van der Waals surface area (Å²) < 4.78 is 22.9. The molecule has 0 radical (unpaired) electrons. The topological polar surface area (TPSA) is 135 Å². The number of unbranched alkanes of at least 4 members (excludes halogenated alkanes) is 14. The summed E-state index contributed by atoms with van der Waals surface area (Å²) in [5.41, 5.74) is 0. The van der Waals surface area contributed by atoms with Crippen LogP contribution in [0.3, 0.4) is 0 Å². The number of esters is 1. The Morgan fingerprint density at radius 2 is 0.806 bits per heavy atom. The molecule has 0 bridgehead atoms. The minimum absolute atomic E-state index is 0.119. The zero-order valence-electron chi connectivity index (χ0n) is 45.1. The molecule has 408 valence electrons. The van der Waals surface area contributed by atoms with E-state index in [0.717, 1.165) is 109 Å². The first-order chi connectivity index (χ1) is 35.4. The standard InChI is InChI=1S/C63H102O9/c1-3-5-7-9-11-13-15-17-19-21-23-25-27-29-30-32-34-36-38-40-42-44-46-48-50-52-59(65)71-57(56-70-63-62(68)61(67)60(66)58(54-64)72-63)55-69-53-51-49-47-45-43-41-39-37-35-33-31-28-26-24-22-20-18-16-14-12-10-8-6-4-2/h5-8,11-14,17-20,23-26,29-30,34,36,40,42,57-58,60-64,66-68H,3-4,9-10,15-16,21-22,27-28,31-33,35,37-39,41,43-56H2,1-2H3/b7-5-,8-6-,13-11-,14-12-,19-17-,20-18-,25-23-,26-24-,30-29-,36-34-,42-40-. The van der Waals surface area contributed by atoms with E-state index < -0.39 is 43.4 Å². The van der Waals surface area contributed by atoms with Gasteiger partial charge in [-0.25, -0.2) is 0 Å². The van der Waals surface area contributed by atoms with Crippen LogP contribution in [0.2, 0.25) is 0 Å². The van der Waals surface area contributed by atoms with Gasteiger partial charge in [-0.1, -0.05) is 212 Å². The minimum atomic E-state index is -1.55. The lowest BCUT2D eigenvalue weighted by Gasteiger charge is -2.39. The van der Waals surface area contributed by atoms with E-state index in [-0.39, 0.29) is 25.6 Å². The third-order valence-corrected chi connectivity index (χ3v) is 12.1. The summed E-state index contributed by atoms with van der Waals surface area (Å²) in [7, 11) is 0. The average Bonchev–Trinajstić information content (AvgIpc) is 3.38. The van der Waals surface area contributed by atoms with Crippen LogP contribution < -0.4 is 0 Å². The SMILES string of the molecule is CC/C=C\C/C=C\C/C=C\C/C=C\C/C=C\C/C=C\C/C=C\CCCCCC(=O)OC(COCCCCCCCCCCCCC/C=C\C/C=C\C/C=C\C/C=C\CC)COC1OC(CO)C(O)C(O)C1O. The van der Waals surface area contributed by atoms with Crippen LogP contribution in [-0.2, 0) is 23.7 Å². The second kappa shape index (κ2) is 52.2. The molecule has 6 atom stereocenters. The maximum Gasteiger partial charge on any atom is 0.306 e. The van der Waals surface area contributed by atoms with Gasteiger partial charge in [0.05, 0.1) is 19.8 Å². The number of carbonyl (C=O) groups excluding carboxylic acids is 1. The highest BCUT2D eigenvalue weighted by Gasteiger charge is 2.44. The monoisotopic (exact) mass is 1000 g/mol. The number of aliphatic hydroxyl groups excluding tert-OH is 4. The maximum absolute atomic E-state index is 12.9. The fraction of sp³-hybridized carbons (Fsp3) is 0.635. The molecular weight excluding hydrogens is 901 g/mol. The number of ether oxygens (including phenoxy) is 4. The van der Waals surface area contributed by atoms with Gasteiger partial charge in [0.2, 0.25) is 0 Å². The van der Waals surface area contributed by atoms with E-state index in [1.807, 2.05) is 0 Å². The molecule has 1 heterocycles. The van der Waals surface area contributed by atoms with Crippen molar-refractivity contribution in [1.29, 1.82) is 0 Å². The van der Waals surface area contributed by atoms with Crippen molar-refractivity contribution in [3.63, 3.8) is 0 Å². The van der Waals surface area contributed by atoms with Crippen LogP contribution in [0.5, 0.6) is 0 Å². The minimum Gasteiger partial charge on any atom is -0.457 e. The highest BCUT2D eigenvalue weighted by Crippen LogP contribution is 2.23. The van der Waals surface area contributed by atoms with E-state index in [4.69, 9.17) is 18.9 Å². The zero-order chi connectivity index (χ0) is 52.1. The fourth-order valence-electron chi connectivity index (χ4n) is 7.76. The first kappa shape index (κ1) is 66.3. The van der Waals surface area contributed by atoms with Crippen LogP contribution in [0.15, 0.2) is 134 Å². The molecule has 72 heavy (non-hydrogen) atoms. The third-order valence-electron chi connectivity index (χ3n) is 12.1. The summed E-state index contributed by atoms with van der Waals surface area (Å²) in [5, 5.41) is 40.4. The molecule has 1 aliphatic rings. The van der Waals surface area contributed by atoms with Crippen LogP contribution in [0.1, 0.15) is 194 Å². The predicted octanol–water partition coefficient (Wildman–Crippen LogP) is 14.8. The Hall–Kier alpha value is -3.67. The largest absolute Gasteiger partial charge is 0.457 e. The van der Waals surface area contributed by atoms with Gasteiger partial charge in [-0.3, -0.25) is 4.79 Å². The summed E-state index contributed by atoms with van der Waals surface area (Å²) >= 11 is 0. The second-order valence-electron chi connectivity index (χ2n) is 18.6. The van der Waals surface area contributed by atoms with Gasteiger partial charge in [0.15, 0.2) is 6.29 Å². The molecule has 0 aromatic heterocycles. The van der Waals surface area contributed by atoms with Gasteiger partial charge in [-0.05, 0) is 109 Å². The van der Waals surface area contributed by atoms with Crippen molar-refractivity contribution in [3.05, 3.63) is 134 Å². The molecule has 9 heteroatoms. The predicted molar refractivity (Wildman–Crippen MR) is 302 cm³/mol. The molecule has 0 spiro atoms. The summed E-state index contributed by atoms with van der Waals surface area (Å²) in [6.45, 7) is 4.27. The van der Waals surface area contributed by atoms with Crippen molar-refractivity contribution < 1.29 is 44.2 Å². The number of allylic oxidation sites excluding steroid dienone is 22. The molecule has 0 amide bonds. The Bertz CT molecular complexity index is 1560. The molecule has 0 aromatic carbocycles. The summed E-state index contributed by atoms with van der Waals surface area (Å²) in [6.07, 6.45) is 70.6. The molecule has 1 saturated heterocycles. The zero-order valence-corrected chi connectivity index (χ0v) is 45.1. The van der Waals surface area contributed by atoms with E-state index in [1.165, 1.54) is 57.8 Å². The van der Waals surface area contributed by atoms with Gasteiger partial charge >= 0.3 is 5.97 Å². The fourth-order valence-corrected chi connectivity index (χ4v) is 7.76. The highest BCUT2D eigenvalue weighted by molar-refractivity contribution is 5.69. The molecule has 1 aliphatic heterocycles. The van der Waals surface area contributed by atoms with Crippen molar-refractivity contribution in [2.75, 3.05) is 26.4 Å². The van der Waals surface area contributed by atoms with Gasteiger partial charge in [0.1, 0.15) is 30.5 Å². The van der Waals surface area contributed by atoms with Gasteiger partial charge in [-0.15, -0.1) is 0 Å². The Kier molecular flexibility index (Phi) is 48.1. The van der Waals surface area contributed by atoms with Gasteiger partial charge in [0, 0.05) is 13.0 Å². The average molecular weight is 1000 g/mol. The van der Waals surface area contributed by atoms with Crippen LogP contribution in [0.25, 0.3) is 0 Å². The first-order valence-corrected chi connectivity index (χ1v) is 28.3. The number of hydrogen-bond acceptors (Lipinski definition) is 9. The summed E-state index contributed by atoms with van der Waals surface area (Å²) in [5.74, 6) is -0.351. The van der Waals surface area contributed by atoms with E-state index in [9.17, 15) is 25.2 Å².